The first-order valence-electron chi connectivity index (χ1n) is 33.7. The van der Waals surface area contributed by atoms with E-state index in [2.05, 4.69) is 10.3 Å². The molecule has 0 aromatic carbocycles. The summed E-state index contributed by atoms with van der Waals surface area (Å²) in [5, 5.41) is 283. The first kappa shape index (κ1) is 84.4. The van der Waals surface area contributed by atoms with Gasteiger partial charge in [-0.2, -0.15) is 0 Å². The normalized spacial score (nSPS) is 49.5. The molecule has 47 heteroatoms. The van der Waals surface area contributed by atoms with Crippen LogP contribution in [0.4, 0.5) is 0 Å². The van der Waals surface area contributed by atoms with Crippen LogP contribution in [0.2, 0.25) is 0 Å². The van der Waals surface area contributed by atoms with Crippen molar-refractivity contribution in [2.75, 3.05) is 59.5 Å². The van der Waals surface area contributed by atoms with Gasteiger partial charge < -0.3 is 213 Å². The van der Waals surface area contributed by atoms with E-state index in [1.165, 1.54) is 10.9 Å². The standard InChI is InChI=1S/C58H96N4O43/c1-3-61-4-16(59-60-61)5-62(15(2)66)50-38(82)35(79)45(22(8-65)95-50)101-55-43(87)36(80)47(25(99-55)14-94-58-49(28(72)19(69)11-91-58)105-53-41(85)33(77)30(74)21(7-64)97-53)103-56-44(88)37(81)46(102-54-42(86)34(78)31(75)23(98-54)12-92-51-39(83)26(70)17(67)9-89-51)24(100-56)13-93-57-48(27(71)18(68)10-90-57)104-52-40(84)32(76)29(73)20(6-63)96-52/h4,17-58,63-65,67-88H,3,5-14H2,1-2H3/t17-,18-,19-,20?,21?,22+,23?,24+,25?,26-,27?,28-,29-,30-,31-,32-,33-,34-,35?,36+,37?,38?,39?,40?,41?,42?,43?,44?,45+,46+,47-,48?,49?,50-,51-,52-,53-,54-,55-,56+,57-,58-/m0/s1. The zero-order valence-electron chi connectivity index (χ0n) is 55.9. The fourth-order valence-electron chi connectivity index (χ4n) is 13.2. The van der Waals surface area contributed by atoms with Crippen molar-refractivity contribution in [3.63, 3.8) is 0 Å². The number of aromatic nitrogens is 3. The maximum atomic E-state index is 13.1. The Bertz CT molecular complexity index is 2830. The highest BCUT2D eigenvalue weighted by molar-refractivity contribution is 5.73. The highest BCUT2D eigenvalue weighted by Crippen LogP contribution is 2.38. The second-order valence-electron chi connectivity index (χ2n) is 26.7. The van der Waals surface area contributed by atoms with Gasteiger partial charge in [-0.1, -0.05) is 5.21 Å². The van der Waals surface area contributed by atoms with Gasteiger partial charge in [0.1, 0.15) is 207 Å². The molecule has 105 heavy (non-hydrogen) atoms. The molecule has 0 aliphatic carbocycles. The summed E-state index contributed by atoms with van der Waals surface area (Å²) in [5.74, 6) is -0.720. The summed E-state index contributed by atoms with van der Waals surface area (Å²) in [7, 11) is 0. The van der Waals surface area contributed by atoms with Crippen LogP contribution in [0.25, 0.3) is 0 Å². The summed E-state index contributed by atoms with van der Waals surface area (Å²) in [5.41, 5.74) is 0.212. The third kappa shape index (κ3) is 18.4. The van der Waals surface area contributed by atoms with Gasteiger partial charge in [-0.15, -0.1) is 5.10 Å². The second-order valence-corrected chi connectivity index (χ2v) is 26.7. The second kappa shape index (κ2) is 36.6. The third-order valence-electron chi connectivity index (χ3n) is 19.5. The number of nitrogens with zero attached hydrogens (tertiary/aromatic N) is 4. The molecule has 10 rings (SSSR count). The molecule has 42 atom stereocenters. The molecular weight excluding hydrogens is 1440 g/mol. The van der Waals surface area contributed by atoms with Gasteiger partial charge in [0.2, 0.25) is 5.91 Å². The van der Waals surface area contributed by atoms with Crippen molar-refractivity contribution in [1.82, 2.24) is 19.9 Å². The Hall–Kier alpha value is -3.07. The minimum Gasteiger partial charge on any atom is -0.394 e. The van der Waals surface area contributed by atoms with Crippen molar-refractivity contribution in [2.24, 2.45) is 0 Å². The summed E-state index contributed by atoms with van der Waals surface area (Å²) in [4.78, 5) is 14.1. The molecule has 0 bridgehead atoms. The number of carbonyl (C=O) groups excluding carboxylic acids is 1. The van der Waals surface area contributed by atoms with Gasteiger partial charge in [0.05, 0.1) is 72.2 Å². The maximum Gasteiger partial charge on any atom is 0.221 e. The Morgan fingerprint density at radius 1 is 0.390 bits per heavy atom. The first-order valence-corrected chi connectivity index (χ1v) is 33.7. The Morgan fingerprint density at radius 3 is 1.13 bits per heavy atom. The summed E-state index contributed by atoms with van der Waals surface area (Å²) < 4.78 is 100. The molecule has 9 fully saturated rings. The van der Waals surface area contributed by atoms with Crippen LogP contribution in [-0.4, -0.2) is 471 Å². The lowest BCUT2D eigenvalue weighted by molar-refractivity contribution is -0.396. The molecule has 0 spiro atoms. The molecular formula is C58H96N4O43. The lowest BCUT2D eigenvalue weighted by Gasteiger charge is -2.50. The van der Waals surface area contributed by atoms with Crippen LogP contribution in [0.5, 0.6) is 0 Å². The number of carbonyl (C=O) groups is 1. The van der Waals surface area contributed by atoms with E-state index in [1.54, 1.807) is 6.92 Å². The SMILES string of the molecule is CCn1cc(CN(C(C)=O)[C@H]2O[C@H](CO)[C@@H](O[C@@H]3OC(CO[C@@H]4OC[C@H](O)[C@H](O)C4O[C@@H]4OC(CO)[C@H](O)[C@H](O)C4O)[C@H](O[C@H]4O[C@H](CO[C@@H]5OC[C@H](O)C(O)C5O[C@@H]5OC(CO)[C@H](O)[C@H](O)C5O)[C@@H](O[C@@H]5OC(CO[C@@H]6OC[C@H](O)[C@H](O)C6O)[C@H](O)[C@H](O)C5O)C(O)C4O)[C@H](O)C3O)C(O)C2O)nn1. The van der Waals surface area contributed by atoms with E-state index in [4.69, 9.17) is 80.5 Å². The van der Waals surface area contributed by atoms with Gasteiger partial charge in [0, 0.05) is 13.5 Å². The van der Waals surface area contributed by atoms with Crippen LogP contribution in [0, 0.1) is 0 Å². The van der Waals surface area contributed by atoms with Gasteiger partial charge >= 0.3 is 0 Å². The highest BCUT2D eigenvalue weighted by atomic mass is 16.8. The van der Waals surface area contributed by atoms with E-state index in [0.717, 1.165) is 11.8 Å². The first-order chi connectivity index (χ1) is 49.8. The van der Waals surface area contributed by atoms with Crippen molar-refractivity contribution in [3.8, 4) is 0 Å². The molecule has 10 heterocycles. The molecule has 9 aliphatic heterocycles. The van der Waals surface area contributed by atoms with E-state index >= 15 is 0 Å². The minimum absolute atomic E-state index is 0.212. The van der Waals surface area contributed by atoms with Crippen molar-refractivity contribution < 1.29 is 213 Å². The van der Waals surface area contributed by atoms with Crippen LogP contribution in [0.3, 0.4) is 0 Å². The molecule has 9 saturated heterocycles. The summed E-state index contributed by atoms with van der Waals surface area (Å²) >= 11 is 0. The lowest BCUT2D eigenvalue weighted by atomic mass is 9.95. The average molecular weight is 1540 g/mol. The van der Waals surface area contributed by atoms with E-state index in [-0.39, 0.29) is 12.2 Å². The van der Waals surface area contributed by atoms with E-state index in [1.807, 2.05) is 0 Å². The number of hydrogen-bond donors (Lipinski definition) is 25. The number of hydrogen-bond acceptors (Lipinski definition) is 45. The zero-order chi connectivity index (χ0) is 76.5. The molecule has 0 radical (unpaired) electrons. The van der Waals surface area contributed by atoms with Crippen LogP contribution < -0.4 is 0 Å². The molecule has 1 amide bonds. The van der Waals surface area contributed by atoms with Crippen molar-refractivity contribution in [2.45, 2.75) is 285 Å². The molecule has 9 aliphatic rings. The quantitative estimate of drug-likeness (QED) is 0.0409. The van der Waals surface area contributed by atoms with Crippen LogP contribution in [-0.2, 0) is 98.4 Å². The molecule has 25 N–H and O–H groups in total. The van der Waals surface area contributed by atoms with Gasteiger partial charge in [-0.05, 0) is 6.92 Å². The smallest absolute Gasteiger partial charge is 0.221 e. The van der Waals surface area contributed by atoms with Crippen molar-refractivity contribution >= 4 is 5.91 Å². The van der Waals surface area contributed by atoms with E-state index < -0.39 is 323 Å². The van der Waals surface area contributed by atoms with Gasteiger partial charge in [0.15, 0.2) is 56.5 Å². The third-order valence-corrected chi connectivity index (χ3v) is 19.5. The van der Waals surface area contributed by atoms with Gasteiger partial charge in [-0.25, -0.2) is 0 Å². The summed E-state index contributed by atoms with van der Waals surface area (Å²) in [6.45, 7) is -5.08. The Labute approximate surface area is 593 Å². The minimum atomic E-state index is -2.50. The monoisotopic (exact) mass is 1540 g/mol. The molecule has 0 saturated carbocycles. The lowest BCUT2D eigenvalue weighted by Crippen LogP contribution is -2.68. The number of amides is 1. The molecule has 1 aromatic rings. The van der Waals surface area contributed by atoms with Gasteiger partial charge in [-0.3, -0.25) is 9.48 Å². The molecule has 606 valence electrons. The summed E-state index contributed by atoms with van der Waals surface area (Å²) in [6.07, 6.45) is -83.6. The number of aryl methyl sites for hydroxylation is 1. The van der Waals surface area contributed by atoms with Gasteiger partial charge in [0.25, 0.3) is 0 Å². The average Bonchev–Trinajstić information content (AvgIpc) is 1.10. The zero-order valence-corrected chi connectivity index (χ0v) is 55.9. The fraction of sp³-hybridized carbons (Fsp3) is 0.948. The van der Waals surface area contributed by atoms with Crippen LogP contribution in [0.15, 0.2) is 6.20 Å². The Morgan fingerprint density at radius 2 is 0.724 bits per heavy atom. The predicted octanol–water partition coefficient (Wildman–Crippen LogP) is -18.0. The Kier molecular flexibility index (Phi) is 29.4. The molecule has 47 nitrogen and oxygen atoms in total. The van der Waals surface area contributed by atoms with E-state index in [9.17, 15) is 132 Å². The fourth-order valence-corrected chi connectivity index (χ4v) is 13.2. The van der Waals surface area contributed by atoms with E-state index in [0.29, 0.717) is 6.54 Å². The van der Waals surface area contributed by atoms with Crippen LogP contribution >= 0.6 is 0 Å². The largest absolute Gasteiger partial charge is 0.394 e. The number of aliphatic hydroxyl groups is 25. The predicted molar refractivity (Wildman–Crippen MR) is 319 cm³/mol. The number of aliphatic hydroxyl groups excluding tert-OH is 25. The number of ether oxygens (including phenoxy) is 17. The molecule has 1 aromatic heterocycles. The summed E-state index contributed by atoms with van der Waals surface area (Å²) in [6, 6.07) is 0. The molecule has 16 unspecified atom stereocenters. The number of rotatable bonds is 26. The van der Waals surface area contributed by atoms with Crippen molar-refractivity contribution in [1.29, 1.82) is 0 Å². The maximum absolute atomic E-state index is 13.1. The topological polar surface area (TPSA) is 714 Å². The highest BCUT2D eigenvalue weighted by Gasteiger charge is 2.59. The van der Waals surface area contributed by atoms with Crippen LogP contribution in [0.1, 0.15) is 19.5 Å². The Balaban J connectivity index is 0.945. The van der Waals surface area contributed by atoms with Crippen molar-refractivity contribution in [3.05, 3.63) is 11.9 Å².